The van der Waals surface area contributed by atoms with Gasteiger partial charge in [0, 0.05) is 6.54 Å². The topological polar surface area (TPSA) is 12.0 Å². The summed E-state index contributed by atoms with van der Waals surface area (Å²) in [6.45, 7) is 8.24. The van der Waals surface area contributed by atoms with Crippen LogP contribution < -0.4 is 5.32 Å². The third kappa shape index (κ3) is 2.98. The third-order valence-corrected chi connectivity index (χ3v) is 2.98. The van der Waals surface area contributed by atoms with Crippen LogP contribution in [-0.2, 0) is 0 Å². The molecular weight excluding hydrogens is 146 g/mol. The lowest BCUT2D eigenvalue weighted by Gasteiger charge is -2.28. The van der Waals surface area contributed by atoms with Crippen LogP contribution in [0.5, 0.6) is 0 Å². The van der Waals surface area contributed by atoms with Crippen molar-refractivity contribution >= 4 is 0 Å². The molecule has 1 fully saturated rings. The van der Waals surface area contributed by atoms with Gasteiger partial charge in [0.1, 0.15) is 0 Å². The average Bonchev–Trinajstić information content (AvgIpc) is 2.09. The van der Waals surface area contributed by atoms with Crippen molar-refractivity contribution in [3.8, 4) is 0 Å². The summed E-state index contributed by atoms with van der Waals surface area (Å²) in [5.41, 5.74) is 0. The Hall–Kier alpha value is -0.300. The Morgan fingerprint density at radius 3 is 2.83 bits per heavy atom. The molecule has 0 aromatic rings. The summed E-state index contributed by atoms with van der Waals surface area (Å²) in [6, 6.07) is 0. The van der Waals surface area contributed by atoms with Gasteiger partial charge in [0.15, 0.2) is 0 Å². The van der Waals surface area contributed by atoms with Crippen LogP contribution in [0, 0.1) is 11.8 Å². The summed E-state index contributed by atoms with van der Waals surface area (Å²) >= 11 is 0. The fourth-order valence-corrected chi connectivity index (χ4v) is 2.07. The molecule has 70 valence electrons. The molecule has 1 nitrogen and oxygen atoms in total. The van der Waals surface area contributed by atoms with Crippen LogP contribution >= 0.6 is 0 Å². The predicted molar refractivity (Wildman–Crippen MR) is 54.2 cm³/mol. The maximum absolute atomic E-state index is 3.70. The molecule has 12 heavy (non-hydrogen) atoms. The van der Waals surface area contributed by atoms with E-state index >= 15 is 0 Å². The zero-order valence-corrected chi connectivity index (χ0v) is 8.18. The molecule has 1 saturated carbocycles. The minimum atomic E-state index is 0.915. The van der Waals surface area contributed by atoms with E-state index in [2.05, 4.69) is 18.8 Å². The molecule has 0 bridgehead atoms. The van der Waals surface area contributed by atoms with Crippen molar-refractivity contribution in [1.29, 1.82) is 0 Å². The molecule has 2 unspecified atom stereocenters. The van der Waals surface area contributed by atoms with Gasteiger partial charge >= 0.3 is 0 Å². The van der Waals surface area contributed by atoms with Gasteiger partial charge < -0.3 is 5.32 Å². The van der Waals surface area contributed by atoms with Gasteiger partial charge in [0.05, 0.1) is 0 Å². The normalized spacial score (nSPS) is 30.1. The van der Waals surface area contributed by atoms with Gasteiger partial charge in [0.2, 0.25) is 0 Å². The van der Waals surface area contributed by atoms with Crippen molar-refractivity contribution < 1.29 is 0 Å². The first-order valence-electron chi connectivity index (χ1n) is 5.16. The summed E-state index contributed by atoms with van der Waals surface area (Å²) in [5.74, 6) is 1.84. The molecule has 1 N–H and O–H groups in total. The van der Waals surface area contributed by atoms with E-state index in [1.807, 2.05) is 6.08 Å². The molecule has 0 heterocycles. The number of rotatable bonds is 4. The molecule has 1 rings (SSSR count). The zero-order valence-electron chi connectivity index (χ0n) is 8.18. The lowest BCUT2D eigenvalue weighted by molar-refractivity contribution is 0.250. The second kappa shape index (κ2) is 5.36. The fraction of sp³-hybridized carbons (Fsp3) is 0.818. The van der Waals surface area contributed by atoms with Crippen LogP contribution in [-0.4, -0.2) is 13.1 Å². The average molecular weight is 167 g/mol. The van der Waals surface area contributed by atoms with Crippen molar-refractivity contribution in [2.24, 2.45) is 11.8 Å². The highest BCUT2D eigenvalue weighted by Crippen LogP contribution is 2.28. The Labute approximate surface area is 76.2 Å². The third-order valence-electron chi connectivity index (χ3n) is 2.98. The minimum absolute atomic E-state index is 0.915. The molecule has 0 aliphatic heterocycles. The van der Waals surface area contributed by atoms with Gasteiger partial charge in [-0.15, -0.1) is 6.58 Å². The Kier molecular flexibility index (Phi) is 4.37. The first-order chi connectivity index (χ1) is 5.84. The van der Waals surface area contributed by atoms with Crippen LogP contribution in [0.1, 0.15) is 32.6 Å². The molecular formula is C11H21N. The zero-order chi connectivity index (χ0) is 8.81. The van der Waals surface area contributed by atoms with E-state index in [0.29, 0.717) is 0 Å². The van der Waals surface area contributed by atoms with E-state index < -0.39 is 0 Å². The van der Waals surface area contributed by atoms with E-state index in [9.17, 15) is 0 Å². The molecule has 0 aromatic carbocycles. The lowest BCUT2D eigenvalue weighted by atomic mass is 9.80. The predicted octanol–water partition coefficient (Wildman–Crippen LogP) is 2.59. The molecule has 0 aromatic heterocycles. The number of nitrogens with one attached hydrogen (secondary N) is 1. The Balaban J connectivity index is 2.15. The molecule has 0 saturated heterocycles. The first-order valence-corrected chi connectivity index (χ1v) is 5.16. The molecule has 1 heteroatoms. The highest BCUT2D eigenvalue weighted by Gasteiger charge is 2.20. The maximum Gasteiger partial charge on any atom is 0.0132 e. The highest BCUT2D eigenvalue weighted by molar-refractivity contribution is 4.76. The van der Waals surface area contributed by atoms with E-state index in [4.69, 9.17) is 0 Å². The molecule has 0 radical (unpaired) electrons. The molecule has 0 spiro atoms. The summed E-state index contributed by atoms with van der Waals surface area (Å²) < 4.78 is 0. The van der Waals surface area contributed by atoms with Crippen LogP contribution in [0.3, 0.4) is 0 Å². The van der Waals surface area contributed by atoms with Gasteiger partial charge in [-0.05, 0) is 24.8 Å². The van der Waals surface area contributed by atoms with E-state index in [0.717, 1.165) is 18.4 Å². The number of hydrogen-bond donors (Lipinski definition) is 1. The van der Waals surface area contributed by atoms with Gasteiger partial charge in [0.25, 0.3) is 0 Å². The second-order valence-electron chi connectivity index (χ2n) is 3.97. The van der Waals surface area contributed by atoms with Crippen molar-refractivity contribution in [1.82, 2.24) is 5.32 Å². The van der Waals surface area contributed by atoms with E-state index in [1.165, 1.54) is 32.2 Å². The van der Waals surface area contributed by atoms with Gasteiger partial charge in [-0.1, -0.05) is 32.3 Å². The molecule has 1 aliphatic carbocycles. The summed E-state index contributed by atoms with van der Waals surface area (Å²) in [5, 5.41) is 3.42. The monoisotopic (exact) mass is 167 g/mol. The van der Waals surface area contributed by atoms with Gasteiger partial charge in [-0.3, -0.25) is 0 Å². The highest BCUT2D eigenvalue weighted by atomic mass is 14.8. The smallest absolute Gasteiger partial charge is 0.0132 e. The van der Waals surface area contributed by atoms with Crippen molar-refractivity contribution in [2.75, 3.05) is 13.1 Å². The maximum atomic E-state index is 3.70. The Morgan fingerprint density at radius 1 is 1.42 bits per heavy atom. The fourth-order valence-electron chi connectivity index (χ4n) is 2.07. The van der Waals surface area contributed by atoms with Crippen LogP contribution in [0.15, 0.2) is 12.7 Å². The second-order valence-corrected chi connectivity index (χ2v) is 3.97. The van der Waals surface area contributed by atoms with Crippen molar-refractivity contribution in [2.45, 2.75) is 32.6 Å². The minimum Gasteiger partial charge on any atom is -0.313 e. The molecule has 2 atom stereocenters. The van der Waals surface area contributed by atoms with Gasteiger partial charge in [-0.2, -0.15) is 0 Å². The quantitative estimate of drug-likeness (QED) is 0.501. The van der Waals surface area contributed by atoms with Gasteiger partial charge in [-0.25, -0.2) is 0 Å². The Morgan fingerprint density at radius 2 is 2.17 bits per heavy atom. The SMILES string of the molecule is C=CCNCC1CCCCC1C. The Bertz CT molecular complexity index is 131. The van der Waals surface area contributed by atoms with Crippen LogP contribution in [0.25, 0.3) is 0 Å². The standard InChI is InChI=1S/C11H21N/c1-3-8-12-9-11-7-5-4-6-10(11)2/h3,10-12H,1,4-9H2,2H3. The number of hydrogen-bond acceptors (Lipinski definition) is 1. The van der Waals surface area contributed by atoms with E-state index in [-0.39, 0.29) is 0 Å². The largest absolute Gasteiger partial charge is 0.313 e. The summed E-state index contributed by atoms with van der Waals surface area (Å²) in [7, 11) is 0. The summed E-state index contributed by atoms with van der Waals surface area (Å²) in [4.78, 5) is 0. The summed E-state index contributed by atoms with van der Waals surface area (Å²) in [6.07, 6.45) is 7.67. The first kappa shape index (κ1) is 9.79. The lowest BCUT2D eigenvalue weighted by Crippen LogP contribution is -2.29. The van der Waals surface area contributed by atoms with Crippen molar-refractivity contribution in [3.05, 3.63) is 12.7 Å². The van der Waals surface area contributed by atoms with E-state index in [1.54, 1.807) is 0 Å². The molecule has 1 aliphatic rings. The molecule has 0 amide bonds. The van der Waals surface area contributed by atoms with Crippen molar-refractivity contribution in [3.63, 3.8) is 0 Å². The van der Waals surface area contributed by atoms with Crippen LogP contribution in [0.4, 0.5) is 0 Å². The van der Waals surface area contributed by atoms with Crippen LogP contribution in [0.2, 0.25) is 0 Å².